The van der Waals surface area contributed by atoms with Gasteiger partial charge in [-0.2, -0.15) is 4.31 Å². The predicted octanol–water partition coefficient (Wildman–Crippen LogP) is 2.98. The molecule has 0 N–H and O–H groups in total. The Morgan fingerprint density at radius 3 is 2.52 bits per heavy atom. The van der Waals surface area contributed by atoms with Gasteiger partial charge in [-0.25, -0.2) is 8.42 Å². The van der Waals surface area contributed by atoms with E-state index in [2.05, 4.69) is 0 Å². The minimum atomic E-state index is -3.22. The number of rotatable bonds is 5. The average molecular weight is 315 g/mol. The van der Waals surface area contributed by atoms with Gasteiger partial charge in [0.25, 0.3) is 0 Å². The molecular formula is C16H29NO3S. The lowest BCUT2D eigenvalue weighted by Crippen LogP contribution is -2.50. The zero-order valence-corrected chi connectivity index (χ0v) is 14.2. The summed E-state index contributed by atoms with van der Waals surface area (Å²) in [5.74, 6) is 0.853. The van der Waals surface area contributed by atoms with Gasteiger partial charge in [0.05, 0.1) is 5.75 Å². The highest BCUT2D eigenvalue weighted by atomic mass is 32.2. The molecule has 1 saturated carbocycles. The van der Waals surface area contributed by atoms with Crippen LogP contribution in [-0.4, -0.2) is 36.8 Å². The molecule has 2 fully saturated rings. The largest absolute Gasteiger partial charge is 0.299 e. The van der Waals surface area contributed by atoms with Crippen molar-refractivity contribution in [1.82, 2.24) is 4.31 Å². The number of hydrogen-bond acceptors (Lipinski definition) is 3. The molecule has 1 aliphatic heterocycles. The van der Waals surface area contributed by atoms with Crippen molar-refractivity contribution < 1.29 is 13.2 Å². The van der Waals surface area contributed by atoms with Gasteiger partial charge in [-0.15, -0.1) is 0 Å². The Morgan fingerprint density at radius 1 is 1.14 bits per heavy atom. The smallest absolute Gasteiger partial charge is 0.214 e. The Labute approximate surface area is 129 Å². The third-order valence-electron chi connectivity index (χ3n) is 4.88. The first-order chi connectivity index (χ1) is 9.92. The number of Topliss-reactive ketones (excluding diaryl/α,β-unsaturated/α-hetero) is 1. The summed E-state index contributed by atoms with van der Waals surface area (Å²) in [5.41, 5.74) is 0. The van der Waals surface area contributed by atoms with Crippen molar-refractivity contribution in [3.05, 3.63) is 0 Å². The van der Waals surface area contributed by atoms with Crippen LogP contribution in [0.25, 0.3) is 0 Å². The second-order valence-corrected chi connectivity index (χ2v) is 9.03. The van der Waals surface area contributed by atoms with E-state index in [4.69, 9.17) is 0 Å². The number of hydrogen-bond donors (Lipinski definition) is 0. The first-order valence-corrected chi connectivity index (χ1v) is 10.0. The van der Waals surface area contributed by atoms with Crippen molar-refractivity contribution in [1.29, 1.82) is 0 Å². The molecule has 2 rings (SSSR count). The summed E-state index contributed by atoms with van der Waals surface area (Å²) in [7, 11) is -3.22. The van der Waals surface area contributed by atoms with Crippen molar-refractivity contribution in [2.45, 2.75) is 71.3 Å². The zero-order valence-electron chi connectivity index (χ0n) is 13.4. The van der Waals surface area contributed by atoms with Crippen LogP contribution in [0.15, 0.2) is 0 Å². The molecule has 0 aromatic carbocycles. The number of carbonyl (C=O) groups excluding carboxylic acids is 1. The van der Waals surface area contributed by atoms with Crippen LogP contribution < -0.4 is 0 Å². The van der Waals surface area contributed by atoms with Crippen molar-refractivity contribution in [2.24, 2.45) is 11.8 Å². The zero-order chi connectivity index (χ0) is 15.5. The van der Waals surface area contributed by atoms with E-state index in [-0.39, 0.29) is 23.5 Å². The minimum absolute atomic E-state index is 0.0483. The predicted molar refractivity (Wildman–Crippen MR) is 84.6 cm³/mol. The lowest BCUT2D eigenvalue weighted by molar-refractivity contribution is -0.126. The normalized spacial score (nSPS) is 29.0. The third-order valence-corrected chi connectivity index (χ3v) is 6.79. The van der Waals surface area contributed by atoms with E-state index in [0.717, 1.165) is 38.5 Å². The molecule has 0 radical (unpaired) electrons. The van der Waals surface area contributed by atoms with E-state index >= 15 is 0 Å². The molecule has 5 heteroatoms. The fourth-order valence-electron chi connectivity index (χ4n) is 3.60. The SMILES string of the molecule is CC(C)CCS(=O)(=O)N1CCCCC1C1CCCCC1=O. The van der Waals surface area contributed by atoms with Gasteiger partial charge >= 0.3 is 0 Å². The van der Waals surface area contributed by atoms with Crippen molar-refractivity contribution in [2.75, 3.05) is 12.3 Å². The number of carbonyl (C=O) groups is 1. The first kappa shape index (κ1) is 16.9. The van der Waals surface area contributed by atoms with Crippen LogP contribution in [0.1, 0.15) is 65.2 Å². The second kappa shape index (κ2) is 7.23. The number of ketones is 1. The van der Waals surface area contributed by atoms with Gasteiger partial charge in [0.15, 0.2) is 0 Å². The van der Waals surface area contributed by atoms with Crippen LogP contribution in [0, 0.1) is 11.8 Å². The van der Waals surface area contributed by atoms with Crippen molar-refractivity contribution >= 4 is 15.8 Å². The van der Waals surface area contributed by atoms with Gasteiger partial charge in [0.2, 0.25) is 10.0 Å². The molecule has 0 aromatic rings. The molecule has 0 amide bonds. The summed E-state index contributed by atoms with van der Waals surface area (Å²) in [5, 5.41) is 0. The highest BCUT2D eigenvalue weighted by molar-refractivity contribution is 7.89. The fourth-order valence-corrected chi connectivity index (χ4v) is 5.67. The molecule has 21 heavy (non-hydrogen) atoms. The maximum atomic E-state index is 12.7. The second-order valence-electron chi connectivity index (χ2n) is 6.99. The van der Waals surface area contributed by atoms with Crippen LogP contribution in [0.3, 0.4) is 0 Å². The Balaban J connectivity index is 2.12. The topological polar surface area (TPSA) is 54.5 Å². The monoisotopic (exact) mass is 315 g/mol. The molecule has 1 heterocycles. The Kier molecular flexibility index (Phi) is 5.83. The summed E-state index contributed by atoms with van der Waals surface area (Å²) >= 11 is 0. The number of sulfonamides is 1. The van der Waals surface area contributed by atoms with Gasteiger partial charge in [-0.05, 0) is 38.0 Å². The van der Waals surface area contributed by atoms with E-state index in [1.165, 1.54) is 0 Å². The van der Waals surface area contributed by atoms with Gasteiger partial charge in [0.1, 0.15) is 5.78 Å². The quantitative estimate of drug-likeness (QED) is 0.783. The molecule has 122 valence electrons. The lowest BCUT2D eigenvalue weighted by atomic mass is 9.80. The van der Waals surface area contributed by atoms with E-state index < -0.39 is 10.0 Å². The molecule has 1 saturated heterocycles. The lowest BCUT2D eigenvalue weighted by Gasteiger charge is -2.40. The van der Waals surface area contributed by atoms with E-state index in [1.807, 2.05) is 13.8 Å². The molecule has 2 aliphatic rings. The van der Waals surface area contributed by atoms with Gasteiger partial charge in [-0.3, -0.25) is 4.79 Å². The maximum Gasteiger partial charge on any atom is 0.214 e. The Morgan fingerprint density at radius 2 is 1.86 bits per heavy atom. The number of piperidine rings is 1. The molecule has 0 spiro atoms. The maximum absolute atomic E-state index is 12.7. The van der Waals surface area contributed by atoms with Crippen LogP contribution >= 0.6 is 0 Å². The summed E-state index contributed by atoms with van der Waals surface area (Å²) in [6.07, 6.45) is 7.08. The summed E-state index contributed by atoms with van der Waals surface area (Å²) in [6, 6.07) is -0.0660. The highest BCUT2D eigenvalue weighted by Crippen LogP contribution is 2.33. The summed E-state index contributed by atoms with van der Waals surface area (Å²) in [6.45, 7) is 4.70. The van der Waals surface area contributed by atoms with E-state index in [1.54, 1.807) is 4.31 Å². The van der Waals surface area contributed by atoms with Gasteiger partial charge in [-0.1, -0.05) is 26.7 Å². The van der Waals surface area contributed by atoms with E-state index in [0.29, 0.717) is 25.3 Å². The van der Waals surface area contributed by atoms with Crippen molar-refractivity contribution in [3.8, 4) is 0 Å². The van der Waals surface area contributed by atoms with E-state index in [9.17, 15) is 13.2 Å². The molecule has 0 aromatic heterocycles. The van der Waals surface area contributed by atoms with Crippen LogP contribution in [-0.2, 0) is 14.8 Å². The minimum Gasteiger partial charge on any atom is -0.299 e. The molecule has 4 nitrogen and oxygen atoms in total. The fraction of sp³-hybridized carbons (Fsp3) is 0.938. The van der Waals surface area contributed by atoms with Crippen LogP contribution in [0.2, 0.25) is 0 Å². The standard InChI is InChI=1S/C16H29NO3S/c1-13(2)10-12-21(19,20)17-11-6-5-8-15(17)14-7-3-4-9-16(14)18/h13-15H,3-12H2,1-2H3. The highest BCUT2D eigenvalue weighted by Gasteiger charge is 2.40. The number of nitrogens with zero attached hydrogens (tertiary/aromatic N) is 1. The Bertz CT molecular complexity index is 458. The molecule has 0 bridgehead atoms. The van der Waals surface area contributed by atoms with Crippen LogP contribution in [0.5, 0.6) is 0 Å². The van der Waals surface area contributed by atoms with Gasteiger partial charge in [0, 0.05) is 24.9 Å². The summed E-state index contributed by atoms with van der Waals surface area (Å²) < 4.78 is 27.0. The summed E-state index contributed by atoms with van der Waals surface area (Å²) in [4.78, 5) is 12.2. The van der Waals surface area contributed by atoms with Crippen LogP contribution in [0.4, 0.5) is 0 Å². The van der Waals surface area contributed by atoms with Gasteiger partial charge < -0.3 is 0 Å². The Hall–Kier alpha value is -0.420. The molecule has 1 aliphatic carbocycles. The molecule has 2 unspecified atom stereocenters. The molecular weight excluding hydrogens is 286 g/mol. The van der Waals surface area contributed by atoms with Crippen molar-refractivity contribution in [3.63, 3.8) is 0 Å². The molecule has 2 atom stereocenters. The third kappa shape index (κ3) is 4.28. The first-order valence-electron chi connectivity index (χ1n) is 8.44. The average Bonchev–Trinajstić information content (AvgIpc) is 2.46.